The maximum Gasteiger partial charge on any atom is 0.305 e. The van der Waals surface area contributed by atoms with Gasteiger partial charge in [0.15, 0.2) is 0 Å². The number of halogens is 1. The lowest BCUT2D eigenvalue weighted by Gasteiger charge is -2.11. The van der Waals surface area contributed by atoms with Crippen LogP contribution in [0.1, 0.15) is 44.2 Å². The Hall–Kier alpha value is -0.620. The third-order valence-corrected chi connectivity index (χ3v) is 3.47. The number of hydrogen-bond acceptors (Lipinski definition) is 3. The minimum absolute atomic E-state index is 0.0594. The van der Waals surface area contributed by atoms with Crippen LogP contribution in [0.3, 0.4) is 0 Å². The van der Waals surface area contributed by atoms with Crippen molar-refractivity contribution in [2.45, 2.75) is 38.6 Å². The van der Waals surface area contributed by atoms with Crippen LogP contribution in [0.15, 0.2) is 24.3 Å². The molecular weight excluding hydrogens is 341 g/mol. The van der Waals surface area contributed by atoms with Crippen molar-refractivity contribution >= 4 is 28.6 Å². The topological polar surface area (TPSA) is 52.3 Å². The van der Waals surface area contributed by atoms with Gasteiger partial charge in [-0.25, -0.2) is 0 Å². The fraction of sp³-hybridized carbons (Fsp3) is 0.500. The number of rotatable bonds is 7. The molecule has 1 aromatic rings. The summed E-state index contributed by atoms with van der Waals surface area (Å²) in [7, 11) is 0. The van der Waals surface area contributed by atoms with E-state index in [1.54, 1.807) is 0 Å². The van der Waals surface area contributed by atoms with Gasteiger partial charge in [0.25, 0.3) is 0 Å². The van der Waals surface area contributed by atoms with E-state index >= 15 is 0 Å². The monoisotopic (exact) mass is 361 g/mol. The summed E-state index contributed by atoms with van der Waals surface area (Å²) in [5, 5.41) is 0. The first-order chi connectivity index (χ1) is 8.63. The van der Waals surface area contributed by atoms with Crippen LogP contribution in [0.25, 0.3) is 0 Å². The largest absolute Gasteiger partial charge is 0.466 e. The van der Waals surface area contributed by atoms with E-state index in [1.165, 1.54) is 3.57 Å². The van der Waals surface area contributed by atoms with Gasteiger partial charge in [-0.1, -0.05) is 18.6 Å². The Bertz CT molecular complexity index is 365. The van der Waals surface area contributed by atoms with Gasteiger partial charge >= 0.3 is 5.97 Å². The normalized spacial score (nSPS) is 12.2. The summed E-state index contributed by atoms with van der Waals surface area (Å²) in [6.07, 6.45) is 3.19. The molecule has 100 valence electrons. The van der Waals surface area contributed by atoms with E-state index in [2.05, 4.69) is 46.9 Å². The molecule has 0 aromatic heterocycles. The Morgan fingerprint density at radius 2 is 2.00 bits per heavy atom. The molecular formula is C14H20INO2. The van der Waals surface area contributed by atoms with Crippen molar-refractivity contribution < 1.29 is 9.53 Å². The van der Waals surface area contributed by atoms with Gasteiger partial charge in [0.05, 0.1) is 6.61 Å². The van der Waals surface area contributed by atoms with Crippen LogP contribution in [0, 0.1) is 3.57 Å². The Balaban J connectivity index is 2.23. The standard InChI is InChI=1S/C14H20INO2/c1-2-18-14(17)6-4-3-5-13(16)11-7-9-12(15)10-8-11/h7-10,13H,2-6,16H2,1H3. The predicted molar refractivity (Wildman–Crippen MR) is 81.2 cm³/mol. The zero-order chi connectivity index (χ0) is 13.4. The molecule has 0 spiro atoms. The van der Waals surface area contributed by atoms with E-state index in [1.807, 2.05) is 6.92 Å². The van der Waals surface area contributed by atoms with E-state index in [4.69, 9.17) is 10.5 Å². The number of esters is 1. The molecule has 1 atom stereocenters. The number of unbranched alkanes of at least 4 members (excludes halogenated alkanes) is 1. The lowest BCUT2D eigenvalue weighted by molar-refractivity contribution is -0.143. The quantitative estimate of drug-likeness (QED) is 0.460. The molecule has 1 aromatic carbocycles. The average Bonchev–Trinajstić information content (AvgIpc) is 2.35. The molecule has 0 bridgehead atoms. The lowest BCUT2D eigenvalue weighted by Crippen LogP contribution is -2.10. The fourth-order valence-electron chi connectivity index (χ4n) is 1.74. The smallest absolute Gasteiger partial charge is 0.305 e. The number of benzene rings is 1. The second-order valence-corrected chi connectivity index (χ2v) is 5.45. The predicted octanol–water partition coefficient (Wildman–Crippen LogP) is 3.41. The van der Waals surface area contributed by atoms with Crippen LogP contribution in [-0.4, -0.2) is 12.6 Å². The highest BCUT2D eigenvalue weighted by molar-refractivity contribution is 14.1. The van der Waals surface area contributed by atoms with Gasteiger partial charge in [0, 0.05) is 16.0 Å². The zero-order valence-corrected chi connectivity index (χ0v) is 12.9. The van der Waals surface area contributed by atoms with E-state index in [-0.39, 0.29) is 12.0 Å². The summed E-state index contributed by atoms with van der Waals surface area (Å²) in [6, 6.07) is 8.32. The molecule has 0 heterocycles. The molecule has 0 aliphatic carbocycles. The summed E-state index contributed by atoms with van der Waals surface area (Å²) < 4.78 is 6.09. The third-order valence-electron chi connectivity index (χ3n) is 2.75. The van der Waals surface area contributed by atoms with Gasteiger partial charge in [0.1, 0.15) is 0 Å². The Morgan fingerprint density at radius 1 is 1.33 bits per heavy atom. The molecule has 1 rings (SSSR count). The van der Waals surface area contributed by atoms with E-state index in [9.17, 15) is 4.79 Å². The van der Waals surface area contributed by atoms with Crippen molar-refractivity contribution in [3.8, 4) is 0 Å². The first kappa shape index (κ1) is 15.4. The minimum atomic E-state index is -0.111. The second kappa shape index (κ2) is 8.48. The fourth-order valence-corrected chi connectivity index (χ4v) is 2.10. The molecule has 3 nitrogen and oxygen atoms in total. The molecule has 2 N–H and O–H groups in total. The van der Waals surface area contributed by atoms with Gasteiger partial charge in [-0.3, -0.25) is 4.79 Å². The highest BCUT2D eigenvalue weighted by Gasteiger charge is 2.07. The average molecular weight is 361 g/mol. The molecule has 0 aliphatic rings. The lowest BCUT2D eigenvalue weighted by atomic mass is 10.0. The van der Waals surface area contributed by atoms with Gasteiger partial charge in [0.2, 0.25) is 0 Å². The first-order valence-electron chi connectivity index (χ1n) is 6.30. The Kier molecular flexibility index (Phi) is 7.27. The number of hydrogen-bond donors (Lipinski definition) is 1. The van der Waals surface area contributed by atoms with Crippen LogP contribution < -0.4 is 5.73 Å². The van der Waals surface area contributed by atoms with E-state index in [0.29, 0.717) is 13.0 Å². The maximum atomic E-state index is 11.1. The molecule has 0 aliphatic heterocycles. The van der Waals surface area contributed by atoms with Gasteiger partial charge < -0.3 is 10.5 Å². The van der Waals surface area contributed by atoms with Crippen LogP contribution >= 0.6 is 22.6 Å². The molecule has 1 unspecified atom stereocenters. The van der Waals surface area contributed by atoms with Crippen molar-refractivity contribution in [3.05, 3.63) is 33.4 Å². The first-order valence-corrected chi connectivity index (χ1v) is 7.38. The molecule has 0 fully saturated rings. The number of carbonyl (C=O) groups excluding carboxylic acids is 1. The molecule has 18 heavy (non-hydrogen) atoms. The zero-order valence-electron chi connectivity index (χ0n) is 10.7. The SMILES string of the molecule is CCOC(=O)CCCCC(N)c1ccc(I)cc1. The van der Waals surface area contributed by atoms with E-state index in [0.717, 1.165) is 24.8 Å². The molecule has 0 saturated carbocycles. The number of carbonyl (C=O) groups is 1. The summed E-state index contributed by atoms with van der Waals surface area (Å²) in [6.45, 7) is 2.28. The summed E-state index contributed by atoms with van der Waals surface area (Å²) in [4.78, 5) is 11.1. The van der Waals surface area contributed by atoms with Gasteiger partial charge in [-0.2, -0.15) is 0 Å². The van der Waals surface area contributed by atoms with Gasteiger partial charge in [-0.05, 0) is 60.1 Å². The van der Waals surface area contributed by atoms with Crippen LogP contribution in [0.5, 0.6) is 0 Å². The van der Waals surface area contributed by atoms with E-state index < -0.39 is 0 Å². The van der Waals surface area contributed by atoms with Crippen LogP contribution in [0.4, 0.5) is 0 Å². The van der Waals surface area contributed by atoms with Crippen LogP contribution in [-0.2, 0) is 9.53 Å². The molecule has 0 amide bonds. The molecule has 0 saturated heterocycles. The van der Waals surface area contributed by atoms with Gasteiger partial charge in [-0.15, -0.1) is 0 Å². The highest BCUT2D eigenvalue weighted by Crippen LogP contribution is 2.18. The summed E-state index contributed by atoms with van der Waals surface area (Å²) >= 11 is 2.28. The van der Waals surface area contributed by atoms with Crippen molar-refractivity contribution in [1.29, 1.82) is 0 Å². The summed E-state index contributed by atoms with van der Waals surface area (Å²) in [5.74, 6) is -0.111. The second-order valence-electron chi connectivity index (χ2n) is 4.21. The Labute approximate surface area is 122 Å². The van der Waals surface area contributed by atoms with Crippen LogP contribution in [0.2, 0.25) is 0 Å². The summed E-state index contributed by atoms with van der Waals surface area (Å²) in [5.41, 5.74) is 7.26. The van der Waals surface area contributed by atoms with Crippen molar-refractivity contribution in [3.63, 3.8) is 0 Å². The third kappa shape index (κ3) is 5.82. The molecule has 4 heteroatoms. The number of nitrogens with two attached hydrogens (primary N) is 1. The van der Waals surface area contributed by atoms with Crippen molar-refractivity contribution in [2.24, 2.45) is 5.73 Å². The molecule has 0 radical (unpaired) electrons. The minimum Gasteiger partial charge on any atom is -0.466 e. The number of ether oxygens (including phenoxy) is 1. The van der Waals surface area contributed by atoms with Crippen molar-refractivity contribution in [2.75, 3.05) is 6.61 Å². The van der Waals surface area contributed by atoms with Crippen molar-refractivity contribution in [1.82, 2.24) is 0 Å². The Morgan fingerprint density at radius 3 is 2.61 bits per heavy atom. The highest BCUT2D eigenvalue weighted by atomic mass is 127. The maximum absolute atomic E-state index is 11.1.